The molecule has 1 N–H and O–H groups in total. The molecule has 0 fully saturated rings. The van der Waals surface area contributed by atoms with Crippen molar-refractivity contribution in [2.45, 2.75) is 46.0 Å². The maximum Gasteiger partial charge on any atom is 1.00 e. The Bertz CT molecular complexity index is 120. The van der Waals surface area contributed by atoms with Crippen LogP contribution in [0.5, 0.6) is 0 Å². The van der Waals surface area contributed by atoms with Crippen molar-refractivity contribution in [2.75, 3.05) is 0 Å². The number of carboxylic acid groups (broad SMARTS) is 1. The van der Waals surface area contributed by atoms with Gasteiger partial charge in [-0.05, 0) is 12.8 Å². The second-order valence-corrected chi connectivity index (χ2v) is 2.97. The van der Waals surface area contributed by atoms with Crippen LogP contribution in [0.2, 0.25) is 0 Å². The Kier molecular flexibility index (Phi) is 11.1. The van der Waals surface area contributed by atoms with Gasteiger partial charge in [0.05, 0.1) is 5.92 Å². The summed E-state index contributed by atoms with van der Waals surface area (Å²) in [5.74, 6) is -0.722. The number of hydrogen-bond acceptors (Lipinski definition) is 1. The van der Waals surface area contributed by atoms with Crippen molar-refractivity contribution in [3.8, 4) is 0 Å². The Morgan fingerprint density at radius 3 is 2.25 bits per heavy atom. The van der Waals surface area contributed by atoms with E-state index >= 15 is 0 Å². The molecule has 0 saturated carbocycles. The van der Waals surface area contributed by atoms with Crippen molar-refractivity contribution in [3.63, 3.8) is 0 Å². The van der Waals surface area contributed by atoms with E-state index in [-0.39, 0.29) is 26.2 Å². The van der Waals surface area contributed by atoms with Gasteiger partial charge >= 0.3 is 24.8 Å². The molecular formula is C9H19LiO2. The van der Waals surface area contributed by atoms with Crippen LogP contribution in [0.1, 0.15) is 47.4 Å². The largest absolute Gasteiger partial charge is 1.00 e. The van der Waals surface area contributed by atoms with Crippen molar-refractivity contribution in [3.05, 3.63) is 0 Å². The first-order valence-electron chi connectivity index (χ1n) is 4.45. The molecule has 1 atom stereocenters. The Morgan fingerprint density at radius 1 is 1.33 bits per heavy atom. The van der Waals surface area contributed by atoms with Gasteiger partial charge in [0.2, 0.25) is 0 Å². The van der Waals surface area contributed by atoms with Gasteiger partial charge in [-0.25, -0.2) is 0 Å². The zero-order chi connectivity index (χ0) is 8.69. The molecule has 0 aliphatic heterocycles. The van der Waals surface area contributed by atoms with Gasteiger partial charge in [-0.1, -0.05) is 33.1 Å². The summed E-state index contributed by atoms with van der Waals surface area (Å²) < 4.78 is 0. The fraction of sp³-hybridized carbons (Fsp3) is 0.889. The monoisotopic (exact) mass is 166 g/mol. The maximum atomic E-state index is 10.6. The van der Waals surface area contributed by atoms with Gasteiger partial charge in [0.1, 0.15) is 0 Å². The summed E-state index contributed by atoms with van der Waals surface area (Å²) in [6.45, 7) is 4.12. The summed E-state index contributed by atoms with van der Waals surface area (Å²) in [4.78, 5) is 10.6. The Balaban J connectivity index is -0.000000500. The van der Waals surface area contributed by atoms with Gasteiger partial charge in [-0.2, -0.15) is 0 Å². The van der Waals surface area contributed by atoms with Crippen molar-refractivity contribution in [1.82, 2.24) is 0 Å². The summed E-state index contributed by atoms with van der Waals surface area (Å²) in [5, 5.41) is 8.73. The molecule has 1 unspecified atom stereocenters. The minimum absolute atomic E-state index is 0. The molecule has 0 heterocycles. The second kappa shape index (κ2) is 9.16. The quantitative estimate of drug-likeness (QED) is 0.554. The Morgan fingerprint density at radius 2 is 1.92 bits per heavy atom. The van der Waals surface area contributed by atoms with Gasteiger partial charge in [-0.15, -0.1) is 0 Å². The molecule has 68 valence electrons. The fourth-order valence-corrected chi connectivity index (χ4v) is 1.19. The molecule has 3 heteroatoms. The van der Waals surface area contributed by atoms with Crippen molar-refractivity contribution >= 4 is 5.97 Å². The molecule has 0 rings (SSSR count). The van der Waals surface area contributed by atoms with Gasteiger partial charge in [0.25, 0.3) is 0 Å². The zero-order valence-corrected chi connectivity index (χ0v) is 8.47. The van der Waals surface area contributed by atoms with E-state index in [1.54, 1.807) is 0 Å². The topological polar surface area (TPSA) is 37.3 Å². The molecule has 2 nitrogen and oxygen atoms in total. The predicted octanol–water partition coefficient (Wildman–Crippen LogP) is -0.206. The first kappa shape index (κ1) is 14.6. The number of carbonyl (C=O) groups is 1. The molecule has 0 aromatic rings. The Labute approximate surface area is 88.4 Å². The third-order valence-corrected chi connectivity index (χ3v) is 1.89. The van der Waals surface area contributed by atoms with Crippen molar-refractivity contribution in [2.24, 2.45) is 5.92 Å². The summed E-state index contributed by atoms with van der Waals surface area (Å²) in [6, 6.07) is 0. The molecule has 0 aliphatic carbocycles. The van der Waals surface area contributed by atoms with Crippen LogP contribution >= 0.6 is 0 Å². The zero-order valence-electron chi connectivity index (χ0n) is 9.47. The summed E-state index contributed by atoms with van der Waals surface area (Å²) >= 11 is 0. The Hall–Kier alpha value is 0.0674. The molecule has 0 aromatic carbocycles. The summed E-state index contributed by atoms with van der Waals surface area (Å²) in [6.07, 6.45) is 4.78. The van der Waals surface area contributed by atoms with Gasteiger partial charge in [0, 0.05) is 0 Å². The normalized spacial score (nSPS) is 11.8. The molecule has 0 aliphatic rings. The van der Waals surface area contributed by atoms with Crippen LogP contribution in [-0.4, -0.2) is 11.1 Å². The molecule has 12 heavy (non-hydrogen) atoms. The molecule has 0 saturated heterocycles. The first-order chi connectivity index (χ1) is 5.22. The summed E-state index contributed by atoms with van der Waals surface area (Å²) in [7, 11) is 0. The number of hydrogen-bond donors (Lipinski definition) is 1. The molecular weight excluding hydrogens is 147 g/mol. The van der Waals surface area contributed by atoms with E-state index in [2.05, 4.69) is 6.92 Å². The van der Waals surface area contributed by atoms with E-state index in [0.29, 0.717) is 0 Å². The predicted molar refractivity (Wildman–Crippen MR) is 46.7 cm³/mol. The number of aliphatic carboxylic acids is 1. The van der Waals surface area contributed by atoms with E-state index in [1.807, 2.05) is 6.92 Å². The van der Waals surface area contributed by atoms with Crippen molar-refractivity contribution < 1.29 is 30.2 Å². The average molecular weight is 166 g/mol. The fourth-order valence-electron chi connectivity index (χ4n) is 1.19. The molecule has 0 amide bonds. The third kappa shape index (κ3) is 6.76. The molecule has 0 radical (unpaired) electrons. The van der Waals surface area contributed by atoms with Crippen LogP contribution in [-0.2, 0) is 4.79 Å². The minimum Gasteiger partial charge on any atom is -1.00 e. The SMILES string of the molecule is CCCCC(CCC)C(=O)O.[H-].[Li+]. The van der Waals surface area contributed by atoms with E-state index in [9.17, 15) is 4.79 Å². The third-order valence-electron chi connectivity index (χ3n) is 1.89. The van der Waals surface area contributed by atoms with Crippen LogP contribution in [0.15, 0.2) is 0 Å². The standard InChI is InChI=1S/C9H18O2.Li.H/c1-3-5-7-8(6-4-2)9(10)11;;/h8H,3-7H2,1-2H3,(H,10,11);;/q;+1;-1. The maximum absolute atomic E-state index is 10.6. The molecule has 0 aromatic heterocycles. The minimum atomic E-state index is -0.625. The first-order valence-corrected chi connectivity index (χ1v) is 4.45. The van der Waals surface area contributed by atoms with Crippen LogP contribution in [0, 0.1) is 5.92 Å². The van der Waals surface area contributed by atoms with E-state index in [4.69, 9.17) is 5.11 Å². The van der Waals surface area contributed by atoms with E-state index in [0.717, 1.165) is 32.1 Å². The molecule has 0 bridgehead atoms. The second-order valence-electron chi connectivity index (χ2n) is 2.97. The van der Waals surface area contributed by atoms with E-state index < -0.39 is 5.97 Å². The van der Waals surface area contributed by atoms with Gasteiger partial charge in [0.15, 0.2) is 0 Å². The van der Waals surface area contributed by atoms with Crippen LogP contribution in [0.25, 0.3) is 0 Å². The van der Waals surface area contributed by atoms with Crippen LogP contribution in [0.4, 0.5) is 0 Å². The smallest absolute Gasteiger partial charge is 1.00 e. The molecule has 0 spiro atoms. The number of rotatable bonds is 6. The van der Waals surface area contributed by atoms with Gasteiger partial charge in [-0.3, -0.25) is 4.79 Å². The summed E-state index contributed by atoms with van der Waals surface area (Å²) in [5.41, 5.74) is 0. The van der Waals surface area contributed by atoms with Crippen LogP contribution in [0.3, 0.4) is 0 Å². The number of unbranched alkanes of at least 4 members (excludes halogenated alkanes) is 1. The van der Waals surface area contributed by atoms with Gasteiger partial charge < -0.3 is 6.53 Å². The number of carboxylic acids is 1. The van der Waals surface area contributed by atoms with Crippen LogP contribution < -0.4 is 18.9 Å². The van der Waals surface area contributed by atoms with E-state index in [1.165, 1.54) is 0 Å². The van der Waals surface area contributed by atoms with Crippen molar-refractivity contribution in [1.29, 1.82) is 0 Å². The average Bonchev–Trinajstić information content (AvgIpc) is 1.97.